The number of unbranched alkanes of at least 4 members (excludes halogenated alkanes) is 2. The van der Waals surface area contributed by atoms with Crippen LogP contribution >= 0.6 is 0 Å². The van der Waals surface area contributed by atoms with E-state index in [4.69, 9.17) is 5.73 Å². The zero-order chi connectivity index (χ0) is 20.7. The van der Waals surface area contributed by atoms with Crippen LogP contribution in [-0.4, -0.2) is 12.5 Å². The summed E-state index contributed by atoms with van der Waals surface area (Å²) >= 11 is 0. The minimum Gasteiger partial charge on any atom is -0.399 e. The van der Waals surface area contributed by atoms with Gasteiger partial charge in [-0.25, -0.2) is 0 Å². The zero-order valence-corrected chi connectivity index (χ0v) is 16.1. The summed E-state index contributed by atoms with van der Waals surface area (Å²) in [4.78, 5) is 13.1. The number of hydrogen-bond donors (Lipinski definition) is 2. The lowest BCUT2D eigenvalue weighted by atomic mass is 9.62. The van der Waals surface area contributed by atoms with Crippen LogP contribution in [-0.2, 0) is 4.79 Å². The summed E-state index contributed by atoms with van der Waals surface area (Å²) in [6, 6.07) is 14.9. The molecule has 0 saturated heterocycles. The number of nitrogens with one attached hydrogen (secondary N) is 1. The molecular formula is C22H23N5O. The van der Waals surface area contributed by atoms with Crippen molar-refractivity contribution < 1.29 is 4.79 Å². The Bertz CT molecular complexity index is 924. The number of benzene rings is 1. The SMILES string of the molecule is CCCCCNC(=O)C1=C(C)C(C#N)=C(N)C(C#N)(C#N)C1c1ccccc1. The van der Waals surface area contributed by atoms with E-state index in [2.05, 4.69) is 12.2 Å². The maximum Gasteiger partial charge on any atom is 0.248 e. The van der Waals surface area contributed by atoms with Crippen LogP contribution in [0.5, 0.6) is 0 Å². The topological polar surface area (TPSA) is 126 Å². The van der Waals surface area contributed by atoms with Gasteiger partial charge in [0.15, 0.2) is 5.41 Å². The number of amides is 1. The van der Waals surface area contributed by atoms with E-state index >= 15 is 0 Å². The summed E-state index contributed by atoms with van der Waals surface area (Å²) in [7, 11) is 0. The Morgan fingerprint density at radius 3 is 2.36 bits per heavy atom. The average molecular weight is 373 g/mol. The van der Waals surface area contributed by atoms with Crippen molar-refractivity contribution in [1.82, 2.24) is 5.32 Å². The first-order valence-corrected chi connectivity index (χ1v) is 9.25. The molecule has 1 aliphatic rings. The molecule has 0 fully saturated rings. The molecule has 1 unspecified atom stereocenters. The van der Waals surface area contributed by atoms with Crippen LogP contribution < -0.4 is 11.1 Å². The van der Waals surface area contributed by atoms with Crippen molar-refractivity contribution in [3.63, 3.8) is 0 Å². The van der Waals surface area contributed by atoms with Gasteiger partial charge in [-0.3, -0.25) is 4.79 Å². The second kappa shape index (κ2) is 8.89. The third-order valence-electron chi connectivity index (χ3n) is 5.10. The van der Waals surface area contributed by atoms with Gasteiger partial charge in [0.1, 0.15) is 6.07 Å². The molecule has 0 heterocycles. The predicted molar refractivity (Wildman–Crippen MR) is 105 cm³/mol. The molecule has 1 aromatic rings. The number of carbonyl (C=O) groups excluding carboxylic acids is 1. The van der Waals surface area contributed by atoms with Gasteiger partial charge in [0, 0.05) is 12.1 Å². The number of nitrogens with zero attached hydrogens (tertiary/aromatic N) is 3. The van der Waals surface area contributed by atoms with Crippen LogP contribution in [0.3, 0.4) is 0 Å². The smallest absolute Gasteiger partial charge is 0.248 e. The van der Waals surface area contributed by atoms with Gasteiger partial charge < -0.3 is 11.1 Å². The second-order valence-electron chi connectivity index (χ2n) is 6.78. The summed E-state index contributed by atoms with van der Waals surface area (Å²) in [5.74, 6) is -1.26. The van der Waals surface area contributed by atoms with E-state index in [1.165, 1.54) is 0 Å². The van der Waals surface area contributed by atoms with Gasteiger partial charge in [0.25, 0.3) is 0 Å². The monoisotopic (exact) mass is 373 g/mol. The Balaban J connectivity index is 2.67. The molecule has 1 atom stereocenters. The van der Waals surface area contributed by atoms with Crippen LogP contribution in [0, 0.1) is 39.4 Å². The Kier molecular flexibility index (Phi) is 6.59. The lowest BCUT2D eigenvalue weighted by Gasteiger charge is -2.36. The molecule has 1 aliphatic carbocycles. The van der Waals surface area contributed by atoms with Crippen molar-refractivity contribution in [1.29, 1.82) is 15.8 Å². The minimum absolute atomic E-state index is 0.0222. The summed E-state index contributed by atoms with van der Waals surface area (Å²) in [6.07, 6.45) is 2.83. The summed E-state index contributed by atoms with van der Waals surface area (Å²) in [5.41, 5.74) is 5.52. The molecule has 0 saturated carbocycles. The maximum atomic E-state index is 13.1. The summed E-state index contributed by atoms with van der Waals surface area (Å²) < 4.78 is 0. The van der Waals surface area contributed by atoms with Crippen molar-refractivity contribution in [3.8, 4) is 18.2 Å². The van der Waals surface area contributed by atoms with Gasteiger partial charge in [0.05, 0.1) is 29.3 Å². The molecule has 1 aromatic carbocycles. The van der Waals surface area contributed by atoms with E-state index in [-0.39, 0.29) is 22.8 Å². The van der Waals surface area contributed by atoms with Gasteiger partial charge in [-0.2, -0.15) is 15.8 Å². The number of allylic oxidation sites excluding steroid dienone is 3. The van der Waals surface area contributed by atoms with E-state index in [0.29, 0.717) is 17.7 Å². The van der Waals surface area contributed by atoms with Crippen LogP contribution in [0.15, 0.2) is 52.7 Å². The number of nitriles is 3. The molecule has 0 aromatic heterocycles. The van der Waals surface area contributed by atoms with Gasteiger partial charge in [-0.15, -0.1) is 0 Å². The highest BCUT2D eigenvalue weighted by Crippen LogP contribution is 2.50. The minimum atomic E-state index is -1.83. The van der Waals surface area contributed by atoms with Crippen LogP contribution in [0.2, 0.25) is 0 Å². The molecule has 6 nitrogen and oxygen atoms in total. The Morgan fingerprint density at radius 2 is 1.82 bits per heavy atom. The molecule has 6 heteroatoms. The quantitative estimate of drug-likeness (QED) is 0.740. The summed E-state index contributed by atoms with van der Waals surface area (Å²) in [6.45, 7) is 4.20. The summed E-state index contributed by atoms with van der Waals surface area (Å²) in [5, 5.41) is 32.3. The van der Waals surface area contributed by atoms with Crippen LogP contribution in [0.25, 0.3) is 0 Å². The molecule has 0 aliphatic heterocycles. The van der Waals surface area contributed by atoms with E-state index < -0.39 is 11.3 Å². The van der Waals surface area contributed by atoms with Gasteiger partial charge in [-0.1, -0.05) is 50.1 Å². The van der Waals surface area contributed by atoms with E-state index in [0.717, 1.165) is 19.3 Å². The molecule has 142 valence electrons. The number of carbonyl (C=O) groups is 1. The van der Waals surface area contributed by atoms with Gasteiger partial charge in [-0.05, 0) is 24.5 Å². The van der Waals surface area contributed by atoms with Gasteiger partial charge in [0.2, 0.25) is 5.91 Å². The first-order valence-electron chi connectivity index (χ1n) is 9.25. The third kappa shape index (κ3) is 3.48. The molecule has 0 radical (unpaired) electrons. The highest BCUT2D eigenvalue weighted by Gasteiger charge is 2.51. The highest BCUT2D eigenvalue weighted by atomic mass is 16.1. The molecule has 28 heavy (non-hydrogen) atoms. The number of rotatable bonds is 6. The number of hydrogen-bond acceptors (Lipinski definition) is 5. The Morgan fingerprint density at radius 1 is 1.18 bits per heavy atom. The van der Waals surface area contributed by atoms with Crippen molar-refractivity contribution in [2.45, 2.75) is 39.0 Å². The fourth-order valence-electron chi connectivity index (χ4n) is 3.58. The Hall–Kier alpha value is -3.56. The van der Waals surface area contributed by atoms with E-state index in [9.17, 15) is 20.6 Å². The second-order valence-corrected chi connectivity index (χ2v) is 6.78. The number of nitrogens with two attached hydrogens (primary N) is 1. The van der Waals surface area contributed by atoms with E-state index in [1.807, 2.05) is 24.3 Å². The molecule has 3 N–H and O–H groups in total. The predicted octanol–water partition coefficient (Wildman–Crippen LogP) is 3.18. The zero-order valence-electron chi connectivity index (χ0n) is 16.1. The maximum absolute atomic E-state index is 13.1. The van der Waals surface area contributed by atoms with Crippen LogP contribution in [0.1, 0.15) is 44.6 Å². The first kappa shape index (κ1) is 20.7. The first-order chi connectivity index (χ1) is 13.5. The van der Waals surface area contributed by atoms with Crippen LogP contribution in [0.4, 0.5) is 0 Å². The molecule has 2 rings (SSSR count). The molecule has 0 spiro atoms. The molecule has 1 amide bonds. The normalized spacial score (nSPS) is 18.0. The third-order valence-corrected chi connectivity index (χ3v) is 5.10. The fraction of sp³-hybridized carbons (Fsp3) is 0.364. The lowest BCUT2D eigenvalue weighted by Crippen LogP contribution is -2.42. The standard InChI is InChI=1S/C22H23N5O/c1-3-4-8-11-27-21(28)18-15(2)17(12-23)20(26)22(13-24,14-25)19(18)16-9-6-5-7-10-16/h5-7,9-10,19H,3-4,8,11,26H2,1-2H3,(H,27,28). The molecule has 0 bridgehead atoms. The average Bonchev–Trinajstić information content (AvgIpc) is 2.72. The van der Waals surface area contributed by atoms with Crippen molar-refractivity contribution in [2.24, 2.45) is 11.1 Å². The van der Waals surface area contributed by atoms with Crippen molar-refractivity contribution >= 4 is 5.91 Å². The van der Waals surface area contributed by atoms with Crippen molar-refractivity contribution in [3.05, 3.63) is 58.3 Å². The Labute approximate surface area is 165 Å². The van der Waals surface area contributed by atoms with Crippen molar-refractivity contribution in [2.75, 3.05) is 6.54 Å². The molecular weight excluding hydrogens is 350 g/mol. The van der Waals surface area contributed by atoms with Gasteiger partial charge >= 0.3 is 0 Å². The largest absolute Gasteiger partial charge is 0.399 e. The lowest BCUT2D eigenvalue weighted by molar-refractivity contribution is -0.118. The fourth-order valence-corrected chi connectivity index (χ4v) is 3.58. The highest BCUT2D eigenvalue weighted by molar-refractivity contribution is 5.98. The van der Waals surface area contributed by atoms with E-state index in [1.54, 1.807) is 31.2 Å².